The Morgan fingerprint density at radius 1 is 0.565 bits per heavy atom. The molecule has 131 heavy (non-hydrogen) atoms. The summed E-state index contributed by atoms with van der Waals surface area (Å²) in [4.78, 5) is 262. The van der Waals surface area contributed by atoms with E-state index in [9.17, 15) is 78.0 Å². The lowest BCUT2D eigenvalue weighted by Gasteiger charge is -2.35. The predicted octanol–water partition coefficient (Wildman–Crippen LogP) is -5.42. The minimum Gasteiger partial charge on any atom is -0.508 e. The Labute approximate surface area is 761 Å². The number of carbonyl (C=O) groups excluding carboxylic acids is 17. The van der Waals surface area contributed by atoms with E-state index in [-0.39, 0.29) is 82.3 Å². The molecule has 3 saturated heterocycles. The Kier molecular flexibility index (Phi) is 37.0. The van der Waals surface area contributed by atoms with E-state index in [4.69, 9.17) is 22.6 Å². The first-order valence-corrected chi connectivity index (χ1v) is 44.7. The molecule has 0 saturated carbocycles. The van der Waals surface area contributed by atoms with Gasteiger partial charge in [-0.05, 0) is 97.7 Å². The van der Waals surface area contributed by atoms with Crippen LogP contribution < -0.4 is 75.7 Å². The van der Waals surface area contributed by atoms with E-state index < -0.39 is 248 Å². The molecule has 24 N–H and O–H groups in total. The molecule has 0 radical (unpaired) electrons. The molecule has 0 aliphatic carbocycles. The van der Waals surface area contributed by atoms with E-state index in [1.54, 1.807) is 54.0 Å². The van der Waals surface area contributed by atoms with E-state index in [1.807, 2.05) is 13.0 Å². The summed E-state index contributed by atoms with van der Waals surface area (Å²) in [6.07, 6.45) is 0.804. The molecule has 6 heterocycles. The summed E-state index contributed by atoms with van der Waals surface area (Å²) >= 11 is 2.07. The highest BCUT2D eigenvalue weighted by atomic mass is 32.2. The van der Waals surface area contributed by atoms with Gasteiger partial charge in [-0.3, -0.25) is 86.9 Å². The summed E-state index contributed by atoms with van der Waals surface area (Å²) in [5.74, 6) is -18.6. The van der Waals surface area contributed by atoms with Crippen LogP contribution in [0, 0.1) is 5.41 Å². The van der Waals surface area contributed by atoms with Gasteiger partial charge in [0, 0.05) is 112 Å². The van der Waals surface area contributed by atoms with Gasteiger partial charge >= 0.3 is 0 Å². The number of likely N-dealkylation sites (N-methyl/N-ethyl adjacent to an activating group) is 3. The Balaban J connectivity index is 1.07. The van der Waals surface area contributed by atoms with E-state index in [2.05, 4.69) is 73.4 Å². The van der Waals surface area contributed by atoms with Crippen molar-refractivity contribution in [3.63, 3.8) is 0 Å². The zero-order chi connectivity index (χ0) is 95.6. The second kappa shape index (κ2) is 47.8. The van der Waals surface area contributed by atoms with Crippen molar-refractivity contribution in [2.75, 3.05) is 72.0 Å². The third kappa shape index (κ3) is 27.6. The Bertz CT molecular complexity index is 5130. The van der Waals surface area contributed by atoms with Crippen LogP contribution in [0.3, 0.4) is 0 Å². The number of thiophene rings is 1. The number of carbonyl (C=O) groups is 17. The number of fused-ring (bicyclic) bond motifs is 4. The number of phenolic OH excluding ortho intramolecular Hbond substituents is 1. The van der Waals surface area contributed by atoms with Gasteiger partial charge in [0.2, 0.25) is 100 Å². The quantitative estimate of drug-likeness (QED) is 0.0171. The van der Waals surface area contributed by atoms with Crippen LogP contribution in [0.5, 0.6) is 5.75 Å². The number of hydrogen-bond donors (Lipinski definition) is 21. The maximum atomic E-state index is 15.6. The normalized spacial score (nSPS) is 25.1. The number of aliphatic hydroxyl groups excluding tert-OH is 3. The number of para-hydroxylation sites is 1. The van der Waals surface area contributed by atoms with Crippen molar-refractivity contribution in [2.24, 2.45) is 17.2 Å². The molecule has 0 spiro atoms. The number of nitrogens with zero attached hydrogens (tertiary/aromatic N) is 6. The van der Waals surface area contributed by atoms with Crippen LogP contribution in [0.1, 0.15) is 101 Å². The molecular weight excluding hydrogens is 1740 g/mol. The second-order valence-corrected chi connectivity index (χ2v) is 34.4. The average molecular weight is 1860 g/mol. The monoisotopic (exact) mass is 1860 g/mol. The largest absolute Gasteiger partial charge is 0.508 e. The number of primary amides is 2. The van der Waals surface area contributed by atoms with Crippen LogP contribution in [0.4, 0.5) is 0 Å². The zero-order valence-electron chi connectivity index (χ0n) is 73.2. The van der Waals surface area contributed by atoms with Gasteiger partial charge in [-0.1, -0.05) is 68.3 Å². The van der Waals surface area contributed by atoms with Gasteiger partial charge in [-0.25, -0.2) is 4.98 Å². The number of unbranched alkanes of at least 4 members (excludes halogenated alkanes) is 1. The molecule has 46 heteroatoms. The lowest BCUT2D eigenvalue weighted by atomic mass is 10.0. The average Bonchev–Trinajstić information content (AvgIpc) is 1.78. The molecular formula is C85H115N23O21S2. The van der Waals surface area contributed by atoms with Crippen LogP contribution in [0.2, 0.25) is 0 Å². The Morgan fingerprint density at radius 2 is 1.14 bits per heavy atom. The summed E-state index contributed by atoms with van der Waals surface area (Å²) in [5, 5.41) is 82.5. The van der Waals surface area contributed by atoms with Crippen LogP contribution in [-0.2, 0) is 107 Å². The lowest BCUT2D eigenvalue weighted by molar-refractivity contribution is -0.149. The molecule has 3 aliphatic heterocycles. The van der Waals surface area contributed by atoms with Gasteiger partial charge in [-0.2, -0.15) is 0 Å². The van der Waals surface area contributed by atoms with Crippen molar-refractivity contribution in [3.05, 3.63) is 119 Å². The van der Waals surface area contributed by atoms with Gasteiger partial charge in [0.05, 0.1) is 44.4 Å². The predicted molar refractivity (Wildman–Crippen MR) is 477 cm³/mol. The molecule has 708 valence electrons. The Morgan fingerprint density at radius 3 is 1.79 bits per heavy atom. The fourth-order valence-electron chi connectivity index (χ4n) is 15.5. The maximum absolute atomic E-state index is 15.6. The number of aliphatic hydroxyl groups is 3. The number of nitrogens with one attached hydrogen (secondary N) is 14. The van der Waals surface area contributed by atoms with Crippen molar-refractivity contribution in [2.45, 2.75) is 195 Å². The highest BCUT2D eigenvalue weighted by Gasteiger charge is 2.46. The number of imidazole rings is 1. The number of aromatic nitrogens is 3. The van der Waals surface area contributed by atoms with Crippen LogP contribution >= 0.6 is 23.1 Å². The summed E-state index contributed by atoms with van der Waals surface area (Å²) in [6.45, 7) is 0.652. The van der Waals surface area contributed by atoms with E-state index >= 15 is 24.0 Å². The SMILES string of the molecule is CCCC[C@H]1C(=O)N(C)[C@@H](C)C(=O)N[C@@H](CCCNC(=N)N)C(=O)NC(C(=O)NCC(N)=O)CSCC(=O)N[C@@H](Cc2ccc(O)cc2)C(=O)N(C)[C@@H](C)C(=O)N[C@@H](CC(N)=O)C(=O)N2CCC[C@H]2C(=O)N[C@@H](Cc2cnc[nH]2)C(=O)N[C@H](CO)C(=O)N2C[C@H](O)C[C@H]2C(=O)N[C@@H](Cc2c[nH]c3ccccc23)C(=O)N[C@@H](CO)C(=O)N[C@@H](Cc2csc3ccccc23)C(=O)N1C. The fourth-order valence-corrected chi connectivity index (χ4v) is 17.3. The number of nitrogens with two attached hydrogens (primary N) is 3. The first-order chi connectivity index (χ1) is 62.4. The molecule has 3 aromatic heterocycles. The molecule has 44 nitrogen and oxygen atoms in total. The Hall–Kier alpha value is -13.3. The highest BCUT2D eigenvalue weighted by Crippen LogP contribution is 2.30. The van der Waals surface area contributed by atoms with Crippen LogP contribution in [0.15, 0.2) is 96.9 Å². The first kappa shape index (κ1) is 101. The minimum absolute atomic E-state index is 0.0222. The molecule has 1 unspecified atom stereocenters. The van der Waals surface area contributed by atoms with Crippen molar-refractivity contribution in [1.82, 2.24) is 97.9 Å². The van der Waals surface area contributed by atoms with Gasteiger partial charge in [-0.15, -0.1) is 23.1 Å². The number of rotatable bonds is 22. The molecule has 15 atom stereocenters. The van der Waals surface area contributed by atoms with Crippen LogP contribution in [0.25, 0.3) is 21.0 Å². The number of hydrogen-bond acceptors (Lipinski definition) is 25. The van der Waals surface area contributed by atoms with Crippen LogP contribution in [-0.4, -0.2) is 329 Å². The third-order valence-electron chi connectivity index (χ3n) is 23.0. The molecule has 6 aromatic rings. The molecule has 17 amide bonds. The fraction of sp³-hybridized carbons (Fsp3) is 0.494. The highest BCUT2D eigenvalue weighted by molar-refractivity contribution is 8.00. The van der Waals surface area contributed by atoms with Crippen molar-refractivity contribution >= 4 is 150 Å². The summed E-state index contributed by atoms with van der Waals surface area (Å²) in [6, 6.07) is -3.17. The van der Waals surface area contributed by atoms with E-state index in [0.717, 1.165) is 41.0 Å². The third-order valence-corrected chi connectivity index (χ3v) is 25.1. The van der Waals surface area contributed by atoms with Crippen molar-refractivity contribution < 1.29 is 102 Å². The van der Waals surface area contributed by atoms with Crippen molar-refractivity contribution in [1.29, 1.82) is 5.41 Å². The smallest absolute Gasteiger partial charge is 0.248 e. The molecule has 3 aliphatic rings. The number of phenols is 1. The van der Waals surface area contributed by atoms with Gasteiger partial charge in [0.1, 0.15) is 90.3 Å². The maximum Gasteiger partial charge on any atom is 0.248 e. The zero-order valence-corrected chi connectivity index (χ0v) is 74.8. The minimum atomic E-state index is -1.92. The number of H-pyrrole nitrogens is 2. The number of amides is 17. The molecule has 9 rings (SSSR count). The molecule has 3 aromatic carbocycles. The van der Waals surface area contributed by atoms with E-state index in [0.29, 0.717) is 45.8 Å². The van der Waals surface area contributed by atoms with Crippen molar-refractivity contribution in [3.8, 4) is 5.75 Å². The van der Waals surface area contributed by atoms with Gasteiger partial charge in [0.25, 0.3) is 0 Å². The number of guanidine groups is 1. The van der Waals surface area contributed by atoms with Gasteiger partial charge < -0.3 is 131 Å². The second-order valence-electron chi connectivity index (χ2n) is 32.4. The van der Waals surface area contributed by atoms with E-state index in [1.165, 1.54) is 83.1 Å². The molecule has 3 fully saturated rings. The summed E-state index contributed by atoms with van der Waals surface area (Å²) in [5.41, 5.74) is 18.9. The topological polar surface area (TPSA) is 666 Å². The lowest BCUT2D eigenvalue weighted by Crippen LogP contribution is -2.62. The van der Waals surface area contributed by atoms with Gasteiger partial charge in [0.15, 0.2) is 5.96 Å². The number of thioether (sulfide) groups is 1. The number of aromatic amines is 2. The summed E-state index contributed by atoms with van der Waals surface area (Å²) in [7, 11) is 3.78. The standard InChI is InChI=1S/C85H115N23O21S2/c1-7-8-19-65-84(129)105(5)45(3)71(116)96-55(18-13-26-91-85(88)89)74(119)103-63(73(118)93-36-69(87)114)41-130-42-70(115)95-58(28-46-22-24-50(111)25-23-46)80(125)104(4)44(2)72(117)99-60(33-68(86)113)82(127)107-27-14-20-64(107)78(123)98-57(31-49-35-90-43-94-49)76(121)102-62(39-110)83(128)108-37-51(112)32-66(108)79(124)97-56(29-47-34-92-54-17-11-9-15-52(47)54)75(120)101-61(38-109)77(122)100-59(81(126)106(65)6)30-48-40-131-67-21-12-10-16-53(48)67/h9-12,15-17,21-25,34-35,40,43-45,51,55-66,92,109-112H,7-8,13-14,18-20,26-33,36-39,41-42H2,1-6H3,(H2,86,113)(H2,87,114)(H,90,94)(H,93,118)(H,95,115)(H,96,116)(H,97,124)(H,98,123)(H,99,117)(H,100,122)(H,101,120)(H,102,121)(H,103,119)(H4,88,89,91)/t44-,45-,51+,55-,56-,57-,58-,59-,60-,61-,62+,63?,64-,65-,66-/m0/s1. The first-order valence-electron chi connectivity index (χ1n) is 42.7. The summed E-state index contributed by atoms with van der Waals surface area (Å²) < 4.78 is 0.796. The number of benzene rings is 3. The number of aromatic hydroxyl groups is 1. The molecule has 0 bridgehead atoms.